The van der Waals surface area contributed by atoms with Crippen LogP contribution in [0.2, 0.25) is 0 Å². The Morgan fingerprint density at radius 3 is 1.18 bits per heavy atom. The molecule has 0 aromatic carbocycles. The van der Waals surface area contributed by atoms with E-state index in [-0.39, 0.29) is 30.2 Å². The summed E-state index contributed by atoms with van der Waals surface area (Å²) < 4.78 is 21.7. The maximum atomic E-state index is 12.1. The van der Waals surface area contributed by atoms with Crippen LogP contribution in [0.3, 0.4) is 0 Å². The van der Waals surface area contributed by atoms with Crippen LogP contribution in [0, 0.1) is 0 Å². The number of hydrogen-bond donors (Lipinski definition) is 2. The standard InChI is InChI=1S/C25H49NO4.C12H20Cl2O4.C6H15N/c1-7-9-11-13-14-15-17-22(27)29-24(3,4)18-19-25(5,6)30-23(28)21-26-20-16-12-10-8-2;1-11(2,17-9(15)7-13)5-6-12(3,4)18-10(16)8-14;1-2-3-4-5-6-7/h26H,7-21H2,1-6H3;5-8H2,1-4H3;2-7H2,1H3. The smallest absolute Gasteiger partial charge is 0.321 e. The molecule has 328 valence electrons. The average Bonchev–Trinajstić information content (AvgIpc) is 3.10. The van der Waals surface area contributed by atoms with Crippen molar-refractivity contribution in [3.63, 3.8) is 0 Å². The Kier molecular flexibility index (Phi) is 36.1. The van der Waals surface area contributed by atoms with Gasteiger partial charge in [0, 0.05) is 6.42 Å². The van der Waals surface area contributed by atoms with Crippen LogP contribution in [0.1, 0.15) is 198 Å². The summed E-state index contributed by atoms with van der Waals surface area (Å²) in [7, 11) is 0. The lowest BCUT2D eigenvalue weighted by Gasteiger charge is -2.31. The monoisotopic (exact) mass is 827 g/mol. The van der Waals surface area contributed by atoms with Crippen LogP contribution in [-0.2, 0) is 38.1 Å². The molecule has 0 aliphatic rings. The highest BCUT2D eigenvalue weighted by Crippen LogP contribution is 2.27. The van der Waals surface area contributed by atoms with Crippen LogP contribution in [0.4, 0.5) is 0 Å². The molecule has 12 heteroatoms. The van der Waals surface area contributed by atoms with Gasteiger partial charge in [-0.1, -0.05) is 91.4 Å². The summed E-state index contributed by atoms with van der Waals surface area (Å²) in [5, 5.41) is 3.16. The second-order valence-corrected chi connectivity index (χ2v) is 17.3. The van der Waals surface area contributed by atoms with Gasteiger partial charge in [-0.05, 0) is 113 Å². The van der Waals surface area contributed by atoms with Crippen molar-refractivity contribution in [3.8, 4) is 0 Å². The van der Waals surface area contributed by atoms with Crippen molar-refractivity contribution in [1.29, 1.82) is 0 Å². The Bertz CT molecular complexity index is 914. The summed E-state index contributed by atoms with van der Waals surface area (Å²) in [5.41, 5.74) is 2.85. The molecule has 10 nitrogen and oxygen atoms in total. The third-order valence-corrected chi connectivity index (χ3v) is 9.14. The van der Waals surface area contributed by atoms with Gasteiger partial charge in [0.05, 0.1) is 6.54 Å². The molecular weight excluding hydrogens is 743 g/mol. The van der Waals surface area contributed by atoms with Crippen molar-refractivity contribution in [2.75, 3.05) is 31.4 Å². The summed E-state index contributed by atoms with van der Waals surface area (Å²) in [4.78, 5) is 46.5. The molecule has 0 spiro atoms. The Hall–Kier alpha value is -1.62. The van der Waals surface area contributed by atoms with Gasteiger partial charge in [0.15, 0.2) is 0 Å². The molecule has 0 atom stereocenters. The van der Waals surface area contributed by atoms with E-state index in [9.17, 15) is 19.2 Å². The third-order valence-electron chi connectivity index (χ3n) is 8.71. The van der Waals surface area contributed by atoms with Crippen molar-refractivity contribution < 1.29 is 38.1 Å². The number of rotatable bonds is 30. The van der Waals surface area contributed by atoms with Crippen LogP contribution in [-0.4, -0.2) is 77.7 Å². The SMILES string of the molecule is CC(C)(CCC(C)(C)OC(=O)CCl)OC(=O)CCl.CCCCCCCCC(=O)OC(C)(C)CCC(C)(C)OC(=O)CNCCCCCC.CCCCCCN. The fourth-order valence-corrected chi connectivity index (χ4v) is 5.38. The molecule has 0 bridgehead atoms. The summed E-state index contributed by atoms with van der Waals surface area (Å²) >= 11 is 10.8. The summed E-state index contributed by atoms with van der Waals surface area (Å²) in [6.07, 6.45) is 19.7. The molecule has 0 aliphatic heterocycles. The predicted molar refractivity (Wildman–Crippen MR) is 229 cm³/mol. The molecule has 0 rings (SSSR count). The minimum atomic E-state index is -0.642. The van der Waals surface area contributed by atoms with Crippen molar-refractivity contribution in [3.05, 3.63) is 0 Å². The van der Waals surface area contributed by atoms with Crippen LogP contribution in [0.25, 0.3) is 0 Å². The highest BCUT2D eigenvalue weighted by atomic mass is 35.5. The van der Waals surface area contributed by atoms with E-state index in [1.54, 1.807) is 27.7 Å². The zero-order valence-electron chi connectivity index (χ0n) is 37.1. The van der Waals surface area contributed by atoms with Crippen LogP contribution in [0.15, 0.2) is 0 Å². The highest BCUT2D eigenvalue weighted by Gasteiger charge is 2.31. The average molecular weight is 828 g/mol. The maximum absolute atomic E-state index is 12.1. The Balaban J connectivity index is -0.000000907. The van der Waals surface area contributed by atoms with Gasteiger partial charge in [0.25, 0.3) is 0 Å². The van der Waals surface area contributed by atoms with E-state index in [0.29, 0.717) is 32.1 Å². The van der Waals surface area contributed by atoms with Gasteiger partial charge >= 0.3 is 23.9 Å². The van der Waals surface area contributed by atoms with E-state index in [1.807, 2.05) is 27.7 Å². The summed E-state index contributed by atoms with van der Waals surface area (Å²) in [5.74, 6) is -1.62. The Labute approximate surface area is 347 Å². The second-order valence-electron chi connectivity index (χ2n) is 16.8. The van der Waals surface area contributed by atoms with E-state index >= 15 is 0 Å². The van der Waals surface area contributed by atoms with Crippen molar-refractivity contribution in [2.24, 2.45) is 5.73 Å². The van der Waals surface area contributed by atoms with Crippen LogP contribution < -0.4 is 11.1 Å². The summed E-state index contributed by atoms with van der Waals surface area (Å²) in [6.45, 7) is 23.4. The van der Waals surface area contributed by atoms with Crippen molar-refractivity contribution >= 4 is 47.1 Å². The zero-order chi connectivity index (χ0) is 42.8. The minimum Gasteiger partial charge on any atom is -0.460 e. The normalized spacial score (nSPS) is 11.7. The van der Waals surface area contributed by atoms with E-state index < -0.39 is 34.3 Å². The lowest BCUT2D eigenvalue weighted by Crippen LogP contribution is -2.36. The number of alkyl halides is 2. The van der Waals surface area contributed by atoms with Gasteiger partial charge in [-0.25, -0.2) is 0 Å². The first kappa shape index (κ1) is 57.7. The molecule has 0 fully saturated rings. The van der Waals surface area contributed by atoms with Crippen LogP contribution in [0.5, 0.6) is 0 Å². The van der Waals surface area contributed by atoms with E-state index in [1.165, 1.54) is 70.6 Å². The molecule has 0 saturated heterocycles. The number of hydrogen-bond acceptors (Lipinski definition) is 10. The first-order valence-electron chi connectivity index (χ1n) is 21.0. The quantitative estimate of drug-likeness (QED) is 0.0311. The largest absolute Gasteiger partial charge is 0.460 e. The molecular formula is C43H84Cl2N2O8. The fourth-order valence-electron chi connectivity index (χ4n) is 5.27. The van der Waals surface area contributed by atoms with Gasteiger partial charge in [-0.2, -0.15) is 0 Å². The number of esters is 4. The van der Waals surface area contributed by atoms with E-state index in [4.69, 9.17) is 47.9 Å². The van der Waals surface area contributed by atoms with Gasteiger partial charge in [-0.3, -0.25) is 19.2 Å². The molecule has 0 saturated carbocycles. The molecule has 3 N–H and O–H groups in total. The Morgan fingerprint density at radius 1 is 0.473 bits per heavy atom. The summed E-state index contributed by atoms with van der Waals surface area (Å²) in [6, 6.07) is 0. The number of halogens is 2. The lowest BCUT2D eigenvalue weighted by atomic mass is 9.93. The number of ether oxygens (including phenoxy) is 4. The first-order chi connectivity index (χ1) is 25.6. The molecule has 0 unspecified atom stereocenters. The maximum Gasteiger partial charge on any atom is 0.321 e. The number of carbonyl (C=O) groups excluding carboxylic acids is 4. The molecule has 0 radical (unpaired) electrons. The predicted octanol–water partition coefficient (Wildman–Crippen LogP) is 10.7. The zero-order valence-corrected chi connectivity index (χ0v) is 38.6. The topological polar surface area (TPSA) is 143 Å². The van der Waals surface area contributed by atoms with Crippen LogP contribution >= 0.6 is 23.2 Å². The van der Waals surface area contributed by atoms with Crippen molar-refractivity contribution in [2.45, 2.75) is 221 Å². The van der Waals surface area contributed by atoms with E-state index in [2.05, 4.69) is 26.1 Å². The second kappa shape index (κ2) is 34.4. The van der Waals surface area contributed by atoms with Crippen molar-refractivity contribution in [1.82, 2.24) is 5.32 Å². The number of unbranched alkanes of at least 4 members (excludes halogenated alkanes) is 11. The first-order valence-corrected chi connectivity index (χ1v) is 22.1. The molecule has 0 aromatic heterocycles. The molecule has 0 amide bonds. The lowest BCUT2D eigenvalue weighted by molar-refractivity contribution is -0.163. The Morgan fingerprint density at radius 2 is 0.800 bits per heavy atom. The van der Waals surface area contributed by atoms with Gasteiger partial charge in [0.1, 0.15) is 34.2 Å². The minimum absolute atomic E-state index is 0.127. The van der Waals surface area contributed by atoms with E-state index in [0.717, 1.165) is 32.4 Å². The molecule has 0 aromatic rings. The van der Waals surface area contributed by atoms with Gasteiger partial charge < -0.3 is 30.0 Å². The molecule has 0 heterocycles. The molecule has 0 aliphatic carbocycles. The highest BCUT2D eigenvalue weighted by molar-refractivity contribution is 6.26. The fraction of sp³-hybridized carbons (Fsp3) is 0.907. The van der Waals surface area contributed by atoms with Gasteiger partial charge in [-0.15, -0.1) is 23.2 Å². The number of nitrogens with one attached hydrogen (secondary N) is 1. The third kappa shape index (κ3) is 41.8. The van der Waals surface area contributed by atoms with Gasteiger partial charge in [0.2, 0.25) is 0 Å². The number of nitrogens with two attached hydrogens (primary N) is 1. The number of carbonyl (C=O) groups is 4. The molecule has 55 heavy (non-hydrogen) atoms.